The van der Waals surface area contributed by atoms with Crippen LogP contribution >= 0.6 is 0 Å². The Bertz CT molecular complexity index is 163. The molecule has 0 aliphatic carbocycles. The zero-order valence-electron chi connectivity index (χ0n) is 7.20. The van der Waals surface area contributed by atoms with E-state index in [1.807, 2.05) is 0 Å². The first-order valence-electron chi connectivity index (χ1n) is 3.94. The molecule has 4 N–H and O–H groups in total. The van der Waals surface area contributed by atoms with Crippen molar-refractivity contribution in [3.63, 3.8) is 0 Å². The largest absolute Gasteiger partial charge is 0.387 e. The molecule has 1 aliphatic heterocycles. The first-order valence-corrected chi connectivity index (χ1v) is 3.94. The third kappa shape index (κ3) is 2.16. The molecular formula is C7H14O6. The molecule has 0 amide bonds. The first-order chi connectivity index (χ1) is 6.07. The second kappa shape index (κ2) is 4.32. The minimum atomic E-state index is -1.49. The van der Waals surface area contributed by atoms with Crippen LogP contribution in [0.1, 0.15) is 0 Å². The van der Waals surface area contributed by atoms with Crippen LogP contribution in [-0.4, -0.2) is 64.8 Å². The fraction of sp³-hybridized carbons (Fsp3) is 1.00. The SMILES string of the molecule is COC[C@H]1OC(O)[C@H](O)[C@@H](O)[C@H]1O. The third-order valence-corrected chi connectivity index (χ3v) is 2.02. The van der Waals surface area contributed by atoms with Gasteiger partial charge in [0.05, 0.1) is 6.61 Å². The molecule has 0 spiro atoms. The van der Waals surface area contributed by atoms with E-state index in [4.69, 9.17) is 19.7 Å². The van der Waals surface area contributed by atoms with Crippen molar-refractivity contribution in [2.45, 2.75) is 30.7 Å². The second-order valence-corrected chi connectivity index (χ2v) is 2.99. The molecule has 6 heteroatoms. The average molecular weight is 194 g/mol. The second-order valence-electron chi connectivity index (χ2n) is 2.99. The number of hydrogen-bond acceptors (Lipinski definition) is 6. The van der Waals surface area contributed by atoms with Gasteiger partial charge in [0.2, 0.25) is 0 Å². The van der Waals surface area contributed by atoms with Gasteiger partial charge in [0, 0.05) is 7.11 Å². The van der Waals surface area contributed by atoms with Gasteiger partial charge in [0.25, 0.3) is 0 Å². The number of methoxy groups -OCH3 is 1. The van der Waals surface area contributed by atoms with E-state index in [2.05, 4.69) is 0 Å². The smallest absolute Gasteiger partial charge is 0.184 e. The van der Waals surface area contributed by atoms with E-state index in [1.54, 1.807) is 0 Å². The predicted molar refractivity (Wildman–Crippen MR) is 40.8 cm³/mol. The summed E-state index contributed by atoms with van der Waals surface area (Å²) < 4.78 is 9.49. The lowest BCUT2D eigenvalue weighted by Crippen LogP contribution is -2.58. The number of hydrogen-bond donors (Lipinski definition) is 4. The highest BCUT2D eigenvalue weighted by molar-refractivity contribution is 4.88. The molecule has 0 radical (unpaired) electrons. The molecule has 13 heavy (non-hydrogen) atoms. The summed E-state index contributed by atoms with van der Waals surface area (Å²) in [6.45, 7) is 0.0437. The van der Waals surface area contributed by atoms with Gasteiger partial charge in [0.1, 0.15) is 24.4 Å². The molecule has 0 aromatic heterocycles. The Morgan fingerprint density at radius 1 is 1.08 bits per heavy atom. The van der Waals surface area contributed by atoms with Crippen LogP contribution in [0.15, 0.2) is 0 Å². The highest BCUT2D eigenvalue weighted by Crippen LogP contribution is 2.19. The molecule has 5 atom stereocenters. The van der Waals surface area contributed by atoms with Gasteiger partial charge >= 0.3 is 0 Å². The van der Waals surface area contributed by atoms with Crippen LogP contribution in [0, 0.1) is 0 Å². The van der Waals surface area contributed by atoms with Gasteiger partial charge in [-0.25, -0.2) is 0 Å². The van der Waals surface area contributed by atoms with Crippen molar-refractivity contribution < 1.29 is 29.9 Å². The van der Waals surface area contributed by atoms with Gasteiger partial charge in [-0.2, -0.15) is 0 Å². The number of ether oxygens (including phenoxy) is 2. The highest BCUT2D eigenvalue weighted by atomic mass is 16.6. The molecule has 0 aromatic rings. The van der Waals surface area contributed by atoms with Gasteiger partial charge in [-0.05, 0) is 0 Å². The summed E-state index contributed by atoms with van der Waals surface area (Å²) in [5, 5.41) is 36.7. The molecule has 0 aromatic carbocycles. The molecule has 78 valence electrons. The van der Waals surface area contributed by atoms with Crippen molar-refractivity contribution in [2.24, 2.45) is 0 Å². The average Bonchev–Trinajstić information content (AvgIpc) is 2.11. The molecule has 0 bridgehead atoms. The van der Waals surface area contributed by atoms with E-state index in [1.165, 1.54) is 7.11 Å². The summed E-state index contributed by atoms with van der Waals surface area (Å²) >= 11 is 0. The quantitative estimate of drug-likeness (QED) is 0.386. The van der Waals surface area contributed by atoms with E-state index >= 15 is 0 Å². The Hall–Kier alpha value is -0.240. The summed E-state index contributed by atoms with van der Waals surface area (Å²) in [6, 6.07) is 0. The summed E-state index contributed by atoms with van der Waals surface area (Å²) in [5.41, 5.74) is 0. The lowest BCUT2D eigenvalue weighted by molar-refractivity contribution is -0.287. The van der Waals surface area contributed by atoms with Crippen LogP contribution in [0.2, 0.25) is 0 Å². The van der Waals surface area contributed by atoms with Crippen molar-refractivity contribution >= 4 is 0 Å². The Kier molecular flexibility index (Phi) is 3.60. The van der Waals surface area contributed by atoms with Crippen molar-refractivity contribution in [1.29, 1.82) is 0 Å². The Labute approximate surface area is 75.3 Å². The van der Waals surface area contributed by atoms with Gasteiger partial charge in [-0.15, -0.1) is 0 Å². The molecule has 1 rings (SSSR count). The van der Waals surface area contributed by atoms with E-state index in [0.29, 0.717) is 0 Å². The van der Waals surface area contributed by atoms with Crippen molar-refractivity contribution in [3.05, 3.63) is 0 Å². The monoisotopic (exact) mass is 194 g/mol. The molecule has 6 nitrogen and oxygen atoms in total. The van der Waals surface area contributed by atoms with Crippen molar-refractivity contribution in [3.8, 4) is 0 Å². The molecule has 1 fully saturated rings. The van der Waals surface area contributed by atoms with Gasteiger partial charge in [0.15, 0.2) is 6.29 Å². The summed E-state index contributed by atoms with van der Waals surface area (Å²) in [7, 11) is 1.40. The van der Waals surface area contributed by atoms with Gasteiger partial charge < -0.3 is 29.9 Å². The van der Waals surface area contributed by atoms with Crippen molar-refractivity contribution in [2.75, 3.05) is 13.7 Å². The van der Waals surface area contributed by atoms with E-state index < -0.39 is 30.7 Å². The van der Waals surface area contributed by atoms with Crippen molar-refractivity contribution in [1.82, 2.24) is 0 Å². The molecule has 1 aliphatic rings. The minimum absolute atomic E-state index is 0.0437. The molecule has 1 unspecified atom stereocenters. The molecule has 1 heterocycles. The van der Waals surface area contributed by atoms with E-state index in [-0.39, 0.29) is 6.61 Å². The minimum Gasteiger partial charge on any atom is -0.387 e. The predicted octanol–water partition coefficient (Wildman–Crippen LogP) is -2.57. The highest BCUT2D eigenvalue weighted by Gasteiger charge is 2.42. The maximum atomic E-state index is 9.33. The van der Waals surface area contributed by atoms with Crippen LogP contribution in [-0.2, 0) is 9.47 Å². The molecule has 1 saturated heterocycles. The summed E-state index contributed by atoms with van der Waals surface area (Å²) in [4.78, 5) is 0. The van der Waals surface area contributed by atoms with Crippen LogP contribution in [0.4, 0.5) is 0 Å². The lowest BCUT2D eigenvalue weighted by atomic mass is 9.99. The lowest BCUT2D eigenvalue weighted by Gasteiger charge is -2.37. The van der Waals surface area contributed by atoms with Crippen LogP contribution in [0.25, 0.3) is 0 Å². The molecule has 0 saturated carbocycles. The zero-order valence-corrected chi connectivity index (χ0v) is 7.20. The van der Waals surface area contributed by atoms with E-state index in [0.717, 1.165) is 0 Å². The van der Waals surface area contributed by atoms with Crippen LogP contribution in [0.5, 0.6) is 0 Å². The Balaban J connectivity index is 2.59. The fourth-order valence-electron chi connectivity index (χ4n) is 1.23. The van der Waals surface area contributed by atoms with Gasteiger partial charge in [-0.1, -0.05) is 0 Å². The first kappa shape index (κ1) is 10.8. The number of rotatable bonds is 2. The topological polar surface area (TPSA) is 99.4 Å². The maximum Gasteiger partial charge on any atom is 0.184 e. The van der Waals surface area contributed by atoms with Crippen LogP contribution < -0.4 is 0 Å². The number of aliphatic hydroxyl groups excluding tert-OH is 4. The van der Waals surface area contributed by atoms with Gasteiger partial charge in [-0.3, -0.25) is 0 Å². The summed E-state index contributed by atoms with van der Waals surface area (Å²) in [5.74, 6) is 0. The zero-order chi connectivity index (χ0) is 10.0. The fourth-order valence-corrected chi connectivity index (χ4v) is 1.23. The normalized spacial score (nSPS) is 46.4. The Morgan fingerprint density at radius 2 is 1.69 bits per heavy atom. The third-order valence-electron chi connectivity index (χ3n) is 2.02. The standard InChI is InChI=1S/C7H14O6/c1-12-2-3-4(8)5(9)6(10)7(11)13-3/h3-11H,2H2,1H3/t3-,4+,5+,6-,7?/m1/s1. The Morgan fingerprint density at radius 3 is 2.23 bits per heavy atom. The van der Waals surface area contributed by atoms with Crippen LogP contribution in [0.3, 0.4) is 0 Å². The summed E-state index contributed by atoms with van der Waals surface area (Å²) in [6.07, 6.45) is -6.46. The van der Waals surface area contributed by atoms with E-state index in [9.17, 15) is 10.2 Å². The molecular weight excluding hydrogens is 180 g/mol. The maximum absolute atomic E-state index is 9.33. The number of aliphatic hydroxyl groups is 4.